The second-order valence-corrected chi connectivity index (χ2v) is 7.35. The van der Waals surface area contributed by atoms with Crippen LogP contribution in [0, 0.1) is 0 Å². The summed E-state index contributed by atoms with van der Waals surface area (Å²) >= 11 is 12.2. The van der Waals surface area contributed by atoms with Crippen molar-refractivity contribution >= 4 is 40.9 Å². The predicted molar refractivity (Wildman–Crippen MR) is 106 cm³/mol. The summed E-state index contributed by atoms with van der Waals surface area (Å²) in [6.07, 6.45) is 6.25. The molecule has 0 radical (unpaired) electrons. The number of aromatic nitrogens is 1. The number of hydrogen-bond acceptors (Lipinski definition) is 5. The van der Waals surface area contributed by atoms with Crippen LogP contribution in [0.2, 0.25) is 10.0 Å². The lowest BCUT2D eigenvalue weighted by Crippen LogP contribution is -2.43. The minimum absolute atomic E-state index is 0.0418. The standard InChI is InChI=1S/C19H21Cl2N3O4/c1-27-18(25)15-11-28-16(22-15)10-24(12-6-3-2-4-7-12)19(26)23-14-9-5-8-13(20)17(14)21/h5,8-9,11-12H,2-4,6-7,10H2,1H3,(H,23,26). The summed E-state index contributed by atoms with van der Waals surface area (Å²) in [5, 5.41) is 3.46. The molecular weight excluding hydrogens is 405 g/mol. The Morgan fingerprint density at radius 2 is 2.04 bits per heavy atom. The predicted octanol–water partition coefficient (Wildman–Crippen LogP) is 5.13. The van der Waals surface area contributed by atoms with Gasteiger partial charge in [-0.3, -0.25) is 0 Å². The summed E-state index contributed by atoms with van der Waals surface area (Å²) in [5.41, 5.74) is 0.502. The van der Waals surface area contributed by atoms with Crippen LogP contribution in [0.3, 0.4) is 0 Å². The minimum Gasteiger partial charge on any atom is -0.464 e. The average molecular weight is 426 g/mol. The molecule has 0 spiro atoms. The van der Waals surface area contributed by atoms with Crippen LogP contribution in [0.4, 0.5) is 10.5 Å². The first-order chi connectivity index (χ1) is 13.5. The lowest BCUT2D eigenvalue weighted by molar-refractivity contribution is 0.0594. The number of carbonyl (C=O) groups excluding carboxylic acids is 2. The van der Waals surface area contributed by atoms with E-state index in [1.54, 1.807) is 23.1 Å². The van der Waals surface area contributed by atoms with Gasteiger partial charge in [0, 0.05) is 6.04 Å². The molecule has 1 heterocycles. The number of methoxy groups -OCH3 is 1. The van der Waals surface area contributed by atoms with E-state index in [-0.39, 0.29) is 35.2 Å². The molecule has 1 fully saturated rings. The molecule has 2 amide bonds. The van der Waals surface area contributed by atoms with Gasteiger partial charge < -0.3 is 19.4 Å². The number of oxazole rings is 1. The van der Waals surface area contributed by atoms with Gasteiger partial charge in [0.15, 0.2) is 5.69 Å². The zero-order valence-electron chi connectivity index (χ0n) is 15.4. The summed E-state index contributed by atoms with van der Waals surface area (Å²) in [7, 11) is 1.27. The minimum atomic E-state index is -0.589. The SMILES string of the molecule is COC(=O)c1coc(CN(C(=O)Nc2cccc(Cl)c2Cl)C2CCCCC2)n1. The molecular formula is C19H21Cl2N3O4. The third-order valence-corrected chi connectivity index (χ3v) is 5.54. The molecule has 1 saturated carbocycles. The van der Waals surface area contributed by atoms with Crippen molar-refractivity contribution in [1.82, 2.24) is 9.88 Å². The molecule has 1 aromatic carbocycles. The smallest absolute Gasteiger partial charge is 0.360 e. The summed E-state index contributed by atoms with van der Waals surface area (Å²) < 4.78 is 10.0. The Labute approximate surface area is 172 Å². The van der Waals surface area contributed by atoms with Gasteiger partial charge in [-0.2, -0.15) is 0 Å². The molecule has 28 heavy (non-hydrogen) atoms. The van der Waals surface area contributed by atoms with Gasteiger partial charge in [-0.1, -0.05) is 48.5 Å². The van der Waals surface area contributed by atoms with Crippen LogP contribution in [0.5, 0.6) is 0 Å². The fraction of sp³-hybridized carbons (Fsp3) is 0.421. The van der Waals surface area contributed by atoms with E-state index in [4.69, 9.17) is 27.6 Å². The van der Waals surface area contributed by atoms with Crippen molar-refractivity contribution in [1.29, 1.82) is 0 Å². The van der Waals surface area contributed by atoms with E-state index in [1.165, 1.54) is 13.4 Å². The van der Waals surface area contributed by atoms with Crippen molar-refractivity contribution in [2.45, 2.75) is 44.7 Å². The number of esters is 1. The van der Waals surface area contributed by atoms with Gasteiger partial charge in [-0.05, 0) is 25.0 Å². The zero-order valence-corrected chi connectivity index (χ0v) is 16.9. The summed E-state index contributed by atoms with van der Waals surface area (Å²) in [6.45, 7) is 0.131. The molecule has 1 aliphatic carbocycles. The molecule has 1 aliphatic rings. The van der Waals surface area contributed by atoms with Crippen molar-refractivity contribution in [2.24, 2.45) is 0 Å². The topological polar surface area (TPSA) is 84.7 Å². The molecule has 1 aromatic heterocycles. The normalized spacial score (nSPS) is 14.5. The van der Waals surface area contributed by atoms with Gasteiger partial charge in [0.2, 0.25) is 5.89 Å². The van der Waals surface area contributed by atoms with E-state index in [9.17, 15) is 9.59 Å². The van der Waals surface area contributed by atoms with Gasteiger partial charge in [-0.25, -0.2) is 14.6 Å². The molecule has 0 aliphatic heterocycles. The highest BCUT2D eigenvalue weighted by atomic mass is 35.5. The molecule has 7 nitrogen and oxygen atoms in total. The Morgan fingerprint density at radius 3 is 2.75 bits per heavy atom. The van der Waals surface area contributed by atoms with Crippen LogP contribution in [-0.4, -0.2) is 35.0 Å². The molecule has 0 atom stereocenters. The van der Waals surface area contributed by atoms with Crippen molar-refractivity contribution in [3.63, 3.8) is 0 Å². The highest BCUT2D eigenvalue weighted by Crippen LogP contribution is 2.31. The first kappa shape index (κ1) is 20.5. The zero-order chi connectivity index (χ0) is 20.1. The number of nitrogens with zero attached hydrogens (tertiary/aromatic N) is 2. The van der Waals surface area contributed by atoms with E-state index in [1.807, 2.05) is 0 Å². The quantitative estimate of drug-likeness (QED) is 0.670. The van der Waals surface area contributed by atoms with Crippen molar-refractivity contribution in [3.8, 4) is 0 Å². The number of hydrogen-bond donors (Lipinski definition) is 1. The summed E-state index contributed by atoms with van der Waals surface area (Å²) in [5.74, 6) is -0.326. The number of halogens is 2. The molecule has 0 saturated heterocycles. The van der Waals surface area contributed by atoms with Gasteiger partial charge in [0.1, 0.15) is 6.26 Å². The number of carbonyl (C=O) groups is 2. The average Bonchev–Trinajstić information content (AvgIpc) is 3.18. The van der Waals surface area contributed by atoms with Gasteiger partial charge in [-0.15, -0.1) is 0 Å². The van der Waals surface area contributed by atoms with Crippen molar-refractivity contribution in [3.05, 3.63) is 46.1 Å². The van der Waals surface area contributed by atoms with Crippen LogP contribution in [0.1, 0.15) is 48.5 Å². The fourth-order valence-electron chi connectivity index (χ4n) is 3.27. The monoisotopic (exact) mass is 425 g/mol. The molecule has 150 valence electrons. The van der Waals surface area contributed by atoms with Gasteiger partial charge >= 0.3 is 12.0 Å². The number of rotatable bonds is 5. The number of anilines is 1. The number of amides is 2. The first-order valence-corrected chi connectivity index (χ1v) is 9.79. The highest BCUT2D eigenvalue weighted by Gasteiger charge is 2.28. The van der Waals surface area contributed by atoms with Crippen LogP contribution in [0.15, 0.2) is 28.9 Å². The van der Waals surface area contributed by atoms with Crippen LogP contribution >= 0.6 is 23.2 Å². The van der Waals surface area contributed by atoms with E-state index in [0.29, 0.717) is 10.7 Å². The molecule has 0 unspecified atom stereocenters. The van der Waals surface area contributed by atoms with Crippen LogP contribution in [-0.2, 0) is 11.3 Å². The van der Waals surface area contributed by atoms with E-state index >= 15 is 0 Å². The number of nitrogens with one attached hydrogen (secondary N) is 1. The van der Waals surface area contributed by atoms with Gasteiger partial charge in [0.05, 0.1) is 29.4 Å². The lowest BCUT2D eigenvalue weighted by atomic mass is 9.94. The number of benzene rings is 1. The first-order valence-electron chi connectivity index (χ1n) is 9.04. The maximum atomic E-state index is 13.0. The second-order valence-electron chi connectivity index (χ2n) is 6.57. The maximum absolute atomic E-state index is 13.0. The molecule has 3 rings (SSSR count). The molecule has 0 bridgehead atoms. The number of urea groups is 1. The van der Waals surface area contributed by atoms with Crippen molar-refractivity contribution in [2.75, 3.05) is 12.4 Å². The van der Waals surface area contributed by atoms with Crippen LogP contribution < -0.4 is 5.32 Å². The Balaban J connectivity index is 1.80. The second kappa shape index (κ2) is 9.30. The molecule has 1 N–H and O–H groups in total. The van der Waals surface area contributed by atoms with Crippen molar-refractivity contribution < 1.29 is 18.7 Å². The Bertz CT molecular complexity index is 849. The molecule has 9 heteroatoms. The summed E-state index contributed by atoms with van der Waals surface area (Å²) in [4.78, 5) is 30.4. The third-order valence-electron chi connectivity index (χ3n) is 4.72. The largest absolute Gasteiger partial charge is 0.464 e. The maximum Gasteiger partial charge on any atom is 0.360 e. The Hall–Kier alpha value is -2.25. The lowest BCUT2D eigenvalue weighted by Gasteiger charge is -2.33. The van der Waals surface area contributed by atoms with Gasteiger partial charge in [0.25, 0.3) is 0 Å². The van der Waals surface area contributed by atoms with Crippen LogP contribution in [0.25, 0.3) is 0 Å². The Kier molecular flexibility index (Phi) is 6.80. The van der Waals surface area contributed by atoms with E-state index < -0.39 is 5.97 Å². The fourth-order valence-corrected chi connectivity index (χ4v) is 3.62. The number of ether oxygens (including phenoxy) is 1. The summed E-state index contributed by atoms with van der Waals surface area (Å²) in [6, 6.07) is 4.77. The highest BCUT2D eigenvalue weighted by molar-refractivity contribution is 6.43. The third kappa shape index (κ3) is 4.77. The van der Waals surface area contributed by atoms with E-state index in [2.05, 4.69) is 15.0 Å². The Morgan fingerprint density at radius 1 is 1.29 bits per heavy atom. The van der Waals surface area contributed by atoms with E-state index in [0.717, 1.165) is 32.1 Å². The molecule has 2 aromatic rings.